The second kappa shape index (κ2) is 5.06. The summed E-state index contributed by atoms with van der Waals surface area (Å²) in [7, 11) is 0. The number of nitrogens with one attached hydrogen (secondary N) is 1. The van der Waals surface area contributed by atoms with E-state index in [-0.39, 0.29) is 13.0 Å². The summed E-state index contributed by atoms with van der Waals surface area (Å²) in [4.78, 5) is 10.6. The molecule has 1 atom stereocenters. The van der Waals surface area contributed by atoms with Gasteiger partial charge in [-0.2, -0.15) is 13.2 Å². The fourth-order valence-corrected chi connectivity index (χ4v) is 0.774. The molecule has 0 aliphatic carbocycles. The van der Waals surface area contributed by atoms with Crippen molar-refractivity contribution in [3.63, 3.8) is 0 Å². The fraction of sp³-hybridized carbons (Fsp3) is 0.857. The molecular weight excluding hydrogens is 187 g/mol. The summed E-state index contributed by atoms with van der Waals surface area (Å²) >= 11 is 0. The third kappa shape index (κ3) is 7.58. The van der Waals surface area contributed by atoms with Gasteiger partial charge >= 0.3 is 6.18 Å². The van der Waals surface area contributed by atoms with Gasteiger partial charge in [-0.3, -0.25) is 4.79 Å². The Balaban J connectivity index is 3.74. The Morgan fingerprint density at radius 1 is 1.54 bits per heavy atom. The van der Waals surface area contributed by atoms with Gasteiger partial charge in [-0.25, -0.2) is 0 Å². The predicted molar refractivity (Wildman–Crippen MR) is 40.0 cm³/mol. The van der Waals surface area contributed by atoms with Crippen molar-refractivity contribution in [2.75, 3.05) is 6.61 Å². The zero-order valence-corrected chi connectivity index (χ0v) is 7.19. The van der Waals surface area contributed by atoms with E-state index < -0.39 is 24.5 Å². The standard InChI is InChI=1S/C7H12F3NO2/c1-5(2-3-12)11-6(13)4-7(8,9)10/h5,12H,2-4H2,1H3,(H,11,13). The van der Waals surface area contributed by atoms with Crippen molar-refractivity contribution < 1.29 is 23.1 Å². The van der Waals surface area contributed by atoms with Crippen LogP contribution in [0.5, 0.6) is 0 Å². The van der Waals surface area contributed by atoms with Gasteiger partial charge in [-0.05, 0) is 13.3 Å². The van der Waals surface area contributed by atoms with E-state index in [4.69, 9.17) is 5.11 Å². The van der Waals surface area contributed by atoms with E-state index in [1.807, 2.05) is 0 Å². The van der Waals surface area contributed by atoms with E-state index in [9.17, 15) is 18.0 Å². The highest BCUT2D eigenvalue weighted by molar-refractivity contribution is 5.76. The highest BCUT2D eigenvalue weighted by Crippen LogP contribution is 2.18. The molecule has 0 aromatic rings. The van der Waals surface area contributed by atoms with Crippen LogP contribution < -0.4 is 5.32 Å². The van der Waals surface area contributed by atoms with Gasteiger partial charge in [0.25, 0.3) is 0 Å². The molecule has 2 N–H and O–H groups in total. The topological polar surface area (TPSA) is 49.3 Å². The van der Waals surface area contributed by atoms with Crippen molar-refractivity contribution in [2.45, 2.75) is 32.0 Å². The molecule has 1 unspecified atom stereocenters. The Morgan fingerprint density at radius 2 is 2.08 bits per heavy atom. The molecule has 0 rings (SSSR count). The van der Waals surface area contributed by atoms with Crippen LogP contribution in [0.4, 0.5) is 13.2 Å². The molecule has 0 bridgehead atoms. The van der Waals surface area contributed by atoms with Crippen LogP contribution in [-0.2, 0) is 4.79 Å². The second-order valence-corrected chi connectivity index (χ2v) is 2.77. The zero-order valence-electron chi connectivity index (χ0n) is 7.19. The van der Waals surface area contributed by atoms with Crippen molar-refractivity contribution in [1.82, 2.24) is 5.32 Å². The quantitative estimate of drug-likeness (QED) is 0.704. The number of aliphatic hydroxyl groups is 1. The van der Waals surface area contributed by atoms with Gasteiger partial charge < -0.3 is 10.4 Å². The van der Waals surface area contributed by atoms with Gasteiger partial charge in [0.1, 0.15) is 6.42 Å². The monoisotopic (exact) mass is 199 g/mol. The number of carbonyl (C=O) groups excluding carboxylic acids is 1. The lowest BCUT2D eigenvalue weighted by Crippen LogP contribution is -2.35. The van der Waals surface area contributed by atoms with Gasteiger partial charge in [0, 0.05) is 12.6 Å². The number of aliphatic hydroxyl groups excluding tert-OH is 1. The number of hydrogen-bond acceptors (Lipinski definition) is 2. The average molecular weight is 199 g/mol. The Kier molecular flexibility index (Phi) is 4.76. The van der Waals surface area contributed by atoms with E-state index in [1.54, 1.807) is 0 Å². The normalized spacial score (nSPS) is 13.9. The minimum absolute atomic E-state index is 0.159. The van der Waals surface area contributed by atoms with Crippen LogP contribution in [0.15, 0.2) is 0 Å². The van der Waals surface area contributed by atoms with Crippen LogP contribution in [0.1, 0.15) is 19.8 Å². The minimum Gasteiger partial charge on any atom is -0.396 e. The molecule has 0 saturated carbocycles. The fourth-order valence-electron chi connectivity index (χ4n) is 0.774. The van der Waals surface area contributed by atoms with E-state index in [2.05, 4.69) is 5.32 Å². The number of hydrogen-bond donors (Lipinski definition) is 2. The molecule has 13 heavy (non-hydrogen) atoms. The lowest BCUT2D eigenvalue weighted by atomic mass is 10.2. The minimum atomic E-state index is -4.47. The molecule has 1 amide bonds. The molecule has 0 fully saturated rings. The maximum Gasteiger partial charge on any atom is 0.397 e. The van der Waals surface area contributed by atoms with Crippen LogP contribution in [0.25, 0.3) is 0 Å². The first-order chi connectivity index (χ1) is 5.85. The van der Waals surface area contributed by atoms with Gasteiger partial charge in [0.2, 0.25) is 5.91 Å². The van der Waals surface area contributed by atoms with E-state index in [1.165, 1.54) is 6.92 Å². The van der Waals surface area contributed by atoms with E-state index in [0.717, 1.165) is 0 Å². The molecular formula is C7H12F3NO2. The molecule has 0 aliphatic rings. The summed E-state index contributed by atoms with van der Waals surface area (Å²) in [5.41, 5.74) is 0. The summed E-state index contributed by atoms with van der Waals surface area (Å²) in [5, 5.41) is 10.5. The van der Waals surface area contributed by atoms with Crippen molar-refractivity contribution in [2.24, 2.45) is 0 Å². The van der Waals surface area contributed by atoms with Gasteiger partial charge in [0.15, 0.2) is 0 Å². The van der Waals surface area contributed by atoms with Crippen LogP contribution in [0.3, 0.4) is 0 Å². The molecule has 78 valence electrons. The number of rotatable bonds is 4. The summed E-state index contributed by atoms with van der Waals surface area (Å²) in [6.45, 7) is 1.37. The Hall–Kier alpha value is -0.780. The molecule has 0 heterocycles. The van der Waals surface area contributed by atoms with Gasteiger partial charge in [-0.1, -0.05) is 0 Å². The molecule has 0 saturated heterocycles. The highest BCUT2D eigenvalue weighted by atomic mass is 19.4. The third-order valence-corrected chi connectivity index (χ3v) is 1.33. The second-order valence-electron chi connectivity index (χ2n) is 2.77. The van der Waals surface area contributed by atoms with Crippen LogP contribution in [-0.4, -0.2) is 29.8 Å². The first-order valence-electron chi connectivity index (χ1n) is 3.82. The zero-order chi connectivity index (χ0) is 10.5. The summed E-state index contributed by atoms with van der Waals surface area (Å²) in [6, 6.07) is -0.431. The SMILES string of the molecule is CC(CCO)NC(=O)CC(F)(F)F. The first kappa shape index (κ1) is 12.2. The van der Waals surface area contributed by atoms with Gasteiger partial charge in [0.05, 0.1) is 0 Å². The molecule has 3 nitrogen and oxygen atoms in total. The van der Waals surface area contributed by atoms with Crippen molar-refractivity contribution >= 4 is 5.91 Å². The van der Waals surface area contributed by atoms with E-state index in [0.29, 0.717) is 0 Å². The van der Waals surface area contributed by atoms with Crippen LogP contribution >= 0.6 is 0 Å². The average Bonchev–Trinajstić information content (AvgIpc) is 1.81. The van der Waals surface area contributed by atoms with Crippen LogP contribution in [0.2, 0.25) is 0 Å². The largest absolute Gasteiger partial charge is 0.397 e. The third-order valence-electron chi connectivity index (χ3n) is 1.33. The Labute approximate surface area is 73.9 Å². The van der Waals surface area contributed by atoms with E-state index >= 15 is 0 Å². The number of alkyl halides is 3. The maximum absolute atomic E-state index is 11.6. The molecule has 0 aromatic carbocycles. The first-order valence-corrected chi connectivity index (χ1v) is 3.82. The van der Waals surface area contributed by atoms with Crippen molar-refractivity contribution in [3.8, 4) is 0 Å². The lowest BCUT2D eigenvalue weighted by Gasteiger charge is -2.13. The lowest BCUT2D eigenvalue weighted by molar-refractivity contribution is -0.154. The smallest absolute Gasteiger partial charge is 0.396 e. The summed E-state index contributed by atoms with van der Waals surface area (Å²) in [6.07, 6.45) is -5.69. The number of carbonyl (C=O) groups is 1. The maximum atomic E-state index is 11.6. The number of amides is 1. The highest BCUT2D eigenvalue weighted by Gasteiger charge is 2.31. The summed E-state index contributed by atoms with van der Waals surface area (Å²) in [5.74, 6) is -1.06. The molecule has 0 aliphatic heterocycles. The predicted octanol–water partition coefficient (Wildman–Crippen LogP) is 0.826. The van der Waals surface area contributed by atoms with Crippen molar-refractivity contribution in [1.29, 1.82) is 0 Å². The molecule has 0 spiro atoms. The molecule has 0 aromatic heterocycles. The Bertz CT molecular complexity index is 170. The van der Waals surface area contributed by atoms with Crippen LogP contribution in [0, 0.1) is 0 Å². The molecule has 6 heteroatoms. The molecule has 0 radical (unpaired) electrons. The van der Waals surface area contributed by atoms with Gasteiger partial charge in [-0.15, -0.1) is 0 Å². The Morgan fingerprint density at radius 3 is 2.46 bits per heavy atom. The summed E-state index contributed by atoms with van der Waals surface area (Å²) < 4.78 is 34.9. The van der Waals surface area contributed by atoms with Crippen molar-refractivity contribution in [3.05, 3.63) is 0 Å². The number of halogens is 3.